The minimum Gasteiger partial charge on any atom is -0.378 e. The molecule has 1 saturated heterocycles. The maximum Gasteiger partial charge on any atom is 0.183 e. The van der Waals surface area contributed by atoms with Crippen LogP contribution in [-0.4, -0.2) is 36.3 Å². The van der Waals surface area contributed by atoms with E-state index in [9.17, 15) is 4.39 Å². The zero-order valence-corrected chi connectivity index (χ0v) is 10.4. The van der Waals surface area contributed by atoms with E-state index in [0.717, 1.165) is 5.56 Å². The zero-order valence-electron chi connectivity index (χ0n) is 10.4. The highest BCUT2D eigenvalue weighted by Crippen LogP contribution is 2.21. The molecule has 1 fully saturated rings. The Bertz CT molecular complexity index is 556. The predicted molar refractivity (Wildman–Crippen MR) is 70.5 cm³/mol. The third-order valence-electron chi connectivity index (χ3n) is 3.07. The highest BCUT2D eigenvalue weighted by Gasteiger charge is 2.18. The topological polar surface area (TPSA) is 38.2 Å². The lowest BCUT2D eigenvalue weighted by Gasteiger charge is -2.28. The second-order valence-corrected chi connectivity index (χ2v) is 4.33. The van der Waals surface area contributed by atoms with Crippen molar-refractivity contribution in [3.63, 3.8) is 0 Å². The minimum atomic E-state index is -0.387. The zero-order chi connectivity index (χ0) is 13.1. The Morgan fingerprint density at radius 3 is 2.58 bits per heavy atom. The number of morpholine rings is 1. The molecule has 2 aromatic rings. The van der Waals surface area contributed by atoms with Crippen LogP contribution in [0.25, 0.3) is 11.4 Å². The van der Waals surface area contributed by atoms with Crippen LogP contribution in [0.1, 0.15) is 0 Å². The number of benzene rings is 1. The molecular weight excluding hydrogens is 245 g/mol. The molecule has 98 valence electrons. The molecule has 1 aliphatic rings. The summed E-state index contributed by atoms with van der Waals surface area (Å²) in [4.78, 5) is 10.3. The molecular formula is C14H14FN3O. The second-order valence-electron chi connectivity index (χ2n) is 4.33. The maximum absolute atomic E-state index is 13.9. The normalized spacial score (nSPS) is 15.5. The molecule has 1 aromatic heterocycles. The Morgan fingerprint density at radius 1 is 1.11 bits per heavy atom. The first-order chi connectivity index (χ1) is 9.34. The van der Waals surface area contributed by atoms with Gasteiger partial charge in [-0.25, -0.2) is 14.4 Å². The summed E-state index contributed by atoms with van der Waals surface area (Å²) in [7, 11) is 0. The van der Waals surface area contributed by atoms with Gasteiger partial charge in [-0.15, -0.1) is 0 Å². The fourth-order valence-corrected chi connectivity index (χ4v) is 2.08. The number of anilines is 1. The van der Waals surface area contributed by atoms with Crippen LogP contribution in [0, 0.1) is 5.82 Å². The SMILES string of the molecule is Fc1cnc(-c2ccccc2)nc1N1CCOCC1. The van der Waals surface area contributed by atoms with Crippen molar-refractivity contribution < 1.29 is 9.13 Å². The summed E-state index contributed by atoms with van der Waals surface area (Å²) < 4.78 is 19.1. The van der Waals surface area contributed by atoms with E-state index in [-0.39, 0.29) is 5.82 Å². The van der Waals surface area contributed by atoms with Crippen LogP contribution in [0.15, 0.2) is 36.5 Å². The van der Waals surface area contributed by atoms with E-state index in [0.29, 0.717) is 37.9 Å². The van der Waals surface area contributed by atoms with Gasteiger partial charge in [-0.1, -0.05) is 30.3 Å². The Labute approximate surface area is 110 Å². The molecule has 1 aromatic carbocycles. The van der Waals surface area contributed by atoms with Crippen molar-refractivity contribution in [2.24, 2.45) is 0 Å². The van der Waals surface area contributed by atoms with Gasteiger partial charge < -0.3 is 9.64 Å². The molecule has 2 heterocycles. The Kier molecular flexibility index (Phi) is 3.37. The number of aromatic nitrogens is 2. The summed E-state index contributed by atoms with van der Waals surface area (Å²) in [5.41, 5.74) is 0.886. The van der Waals surface area contributed by atoms with Crippen molar-refractivity contribution in [3.8, 4) is 11.4 Å². The molecule has 0 spiro atoms. The van der Waals surface area contributed by atoms with Gasteiger partial charge in [0.15, 0.2) is 17.5 Å². The quantitative estimate of drug-likeness (QED) is 0.828. The number of ether oxygens (including phenoxy) is 1. The van der Waals surface area contributed by atoms with Crippen LogP contribution in [-0.2, 0) is 4.74 Å². The van der Waals surface area contributed by atoms with Crippen LogP contribution in [0.3, 0.4) is 0 Å². The number of halogens is 1. The van der Waals surface area contributed by atoms with Gasteiger partial charge in [-0.05, 0) is 0 Å². The lowest BCUT2D eigenvalue weighted by molar-refractivity contribution is 0.122. The van der Waals surface area contributed by atoms with Crippen molar-refractivity contribution in [2.45, 2.75) is 0 Å². The van der Waals surface area contributed by atoms with Gasteiger partial charge in [0.05, 0.1) is 19.4 Å². The first-order valence-corrected chi connectivity index (χ1v) is 6.25. The minimum absolute atomic E-state index is 0.358. The first-order valence-electron chi connectivity index (χ1n) is 6.25. The van der Waals surface area contributed by atoms with Crippen LogP contribution >= 0.6 is 0 Å². The fourth-order valence-electron chi connectivity index (χ4n) is 2.08. The first kappa shape index (κ1) is 12.0. The van der Waals surface area contributed by atoms with E-state index in [4.69, 9.17) is 4.74 Å². The monoisotopic (exact) mass is 259 g/mol. The molecule has 0 amide bonds. The smallest absolute Gasteiger partial charge is 0.183 e. The molecule has 0 bridgehead atoms. The van der Waals surface area contributed by atoms with Gasteiger partial charge in [0, 0.05) is 18.7 Å². The molecule has 5 heteroatoms. The van der Waals surface area contributed by atoms with E-state index in [2.05, 4.69) is 9.97 Å². The molecule has 0 atom stereocenters. The number of rotatable bonds is 2. The van der Waals surface area contributed by atoms with Crippen molar-refractivity contribution in [3.05, 3.63) is 42.3 Å². The Hall–Kier alpha value is -2.01. The van der Waals surface area contributed by atoms with Crippen molar-refractivity contribution in [1.29, 1.82) is 0 Å². The van der Waals surface area contributed by atoms with Crippen molar-refractivity contribution in [2.75, 3.05) is 31.2 Å². The maximum atomic E-state index is 13.9. The van der Waals surface area contributed by atoms with E-state index in [1.54, 1.807) is 0 Å². The van der Waals surface area contributed by atoms with E-state index in [1.165, 1.54) is 6.20 Å². The number of hydrogen-bond donors (Lipinski definition) is 0. The lowest BCUT2D eigenvalue weighted by Crippen LogP contribution is -2.37. The van der Waals surface area contributed by atoms with Crippen LogP contribution in [0.4, 0.5) is 10.2 Å². The highest BCUT2D eigenvalue weighted by molar-refractivity contribution is 5.57. The van der Waals surface area contributed by atoms with E-state index in [1.807, 2.05) is 35.2 Å². The number of hydrogen-bond acceptors (Lipinski definition) is 4. The van der Waals surface area contributed by atoms with Gasteiger partial charge in [0.2, 0.25) is 0 Å². The van der Waals surface area contributed by atoms with E-state index < -0.39 is 0 Å². The molecule has 0 N–H and O–H groups in total. The fraction of sp³-hybridized carbons (Fsp3) is 0.286. The highest BCUT2D eigenvalue weighted by atomic mass is 19.1. The van der Waals surface area contributed by atoms with Gasteiger partial charge in [0.1, 0.15) is 0 Å². The molecule has 0 aliphatic carbocycles. The summed E-state index contributed by atoms with van der Waals surface area (Å²) in [6.07, 6.45) is 1.24. The van der Waals surface area contributed by atoms with E-state index >= 15 is 0 Å². The average Bonchev–Trinajstić information content (AvgIpc) is 2.49. The van der Waals surface area contributed by atoms with Gasteiger partial charge in [0.25, 0.3) is 0 Å². The molecule has 19 heavy (non-hydrogen) atoms. The lowest BCUT2D eigenvalue weighted by atomic mass is 10.2. The Balaban J connectivity index is 1.96. The third-order valence-corrected chi connectivity index (χ3v) is 3.07. The molecule has 0 radical (unpaired) electrons. The number of nitrogens with zero attached hydrogens (tertiary/aromatic N) is 3. The second kappa shape index (κ2) is 5.32. The van der Waals surface area contributed by atoms with Gasteiger partial charge in [-0.3, -0.25) is 0 Å². The largest absolute Gasteiger partial charge is 0.378 e. The summed E-state index contributed by atoms with van der Waals surface area (Å²) in [6.45, 7) is 2.51. The summed E-state index contributed by atoms with van der Waals surface area (Å²) in [5, 5.41) is 0. The summed E-state index contributed by atoms with van der Waals surface area (Å²) in [6, 6.07) is 9.58. The van der Waals surface area contributed by atoms with Crippen molar-refractivity contribution >= 4 is 5.82 Å². The van der Waals surface area contributed by atoms with Crippen molar-refractivity contribution in [1.82, 2.24) is 9.97 Å². The summed E-state index contributed by atoms with van der Waals surface area (Å²) >= 11 is 0. The van der Waals surface area contributed by atoms with Gasteiger partial charge >= 0.3 is 0 Å². The molecule has 0 unspecified atom stereocenters. The van der Waals surface area contributed by atoms with Crippen LogP contribution < -0.4 is 4.90 Å². The standard InChI is InChI=1S/C14H14FN3O/c15-12-10-16-13(11-4-2-1-3-5-11)17-14(12)18-6-8-19-9-7-18/h1-5,10H,6-9H2. The Morgan fingerprint density at radius 2 is 1.84 bits per heavy atom. The molecule has 3 rings (SSSR count). The predicted octanol–water partition coefficient (Wildman–Crippen LogP) is 2.12. The molecule has 1 aliphatic heterocycles. The van der Waals surface area contributed by atoms with Gasteiger partial charge in [-0.2, -0.15) is 0 Å². The summed E-state index contributed by atoms with van der Waals surface area (Å²) in [5.74, 6) is 0.516. The molecule has 0 saturated carbocycles. The van der Waals surface area contributed by atoms with Crippen LogP contribution in [0.2, 0.25) is 0 Å². The average molecular weight is 259 g/mol. The third kappa shape index (κ3) is 2.56. The van der Waals surface area contributed by atoms with Crippen LogP contribution in [0.5, 0.6) is 0 Å². The molecule has 4 nitrogen and oxygen atoms in total.